The van der Waals surface area contributed by atoms with Gasteiger partial charge in [0.05, 0.1) is 0 Å². The first-order valence-electron chi connectivity index (χ1n) is 8.83. The van der Waals surface area contributed by atoms with Gasteiger partial charge in [0.2, 0.25) is 5.91 Å². The first kappa shape index (κ1) is 20.3. The van der Waals surface area contributed by atoms with E-state index in [0.717, 1.165) is 28.0 Å². The Morgan fingerprint density at radius 2 is 1.79 bits per heavy atom. The zero-order valence-corrected chi connectivity index (χ0v) is 17.3. The van der Waals surface area contributed by atoms with Crippen LogP contribution < -0.4 is 10.0 Å². The average Bonchev–Trinajstić information content (AvgIpc) is 3.21. The van der Waals surface area contributed by atoms with Crippen LogP contribution in [0.1, 0.15) is 16.7 Å². The van der Waals surface area contributed by atoms with Gasteiger partial charge in [-0.3, -0.25) is 4.79 Å². The highest BCUT2D eigenvalue weighted by molar-refractivity contribution is 7.91. The highest BCUT2D eigenvalue weighted by Crippen LogP contribution is 2.19. The number of hydrogen-bond acceptors (Lipinski definition) is 4. The van der Waals surface area contributed by atoms with Gasteiger partial charge in [-0.15, -0.1) is 11.3 Å². The summed E-state index contributed by atoms with van der Waals surface area (Å²) < 4.78 is 28.1. The number of amides is 1. The van der Waals surface area contributed by atoms with Crippen molar-refractivity contribution in [2.24, 2.45) is 0 Å². The van der Waals surface area contributed by atoms with E-state index in [1.165, 1.54) is 6.07 Å². The lowest BCUT2D eigenvalue weighted by Gasteiger charge is -2.19. The maximum absolute atomic E-state index is 13.0. The van der Waals surface area contributed by atoms with Gasteiger partial charge in [0, 0.05) is 5.69 Å². The Labute approximate surface area is 169 Å². The molecular weight excluding hydrogens is 392 g/mol. The molecule has 3 rings (SSSR count). The highest BCUT2D eigenvalue weighted by atomic mass is 32.2. The number of hydrogen-bond donors (Lipinski definition) is 2. The number of benzene rings is 2. The van der Waals surface area contributed by atoms with E-state index in [-0.39, 0.29) is 10.6 Å². The fraction of sp³-hybridized carbons (Fsp3) is 0.190. The largest absolute Gasteiger partial charge is 0.324 e. The summed E-state index contributed by atoms with van der Waals surface area (Å²) in [5.74, 6) is -0.391. The van der Waals surface area contributed by atoms with Crippen molar-refractivity contribution in [1.29, 1.82) is 0 Å². The number of anilines is 1. The fourth-order valence-electron chi connectivity index (χ4n) is 2.79. The molecule has 0 spiro atoms. The van der Waals surface area contributed by atoms with Crippen LogP contribution in [0.25, 0.3) is 0 Å². The average molecular weight is 415 g/mol. The van der Waals surface area contributed by atoms with Gasteiger partial charge in [-0.25, -0.2) is 8.42 Å². The Bertz CT molecular complexity index is 1050. The molecule has 1 heterocycles. The van der Waals surface area contributed by atoms with Crippen LogP contribution >= 0.6 is 11.3 Å². The van der Waals surface area contributed by atoms with Crippen molar-refractivity contribution in [3.8, 4) is 0 Å². The Balaban J connectivity index is 1.86. The molecule has 0 aliphatic rings. The van der Waals surface area contributed by atoms with Crippen molar-refractivity contribution in [1.82, 2.24) is 4.72 Å². The third kappa shape index (κ3) is 5.07. The molecular formula is C21H22N2O3S2. The minimum Gasteiger partial charge on any atom is -0.324 e. The first-order chi connectivity index (χ1) is 13.3. The highest BCUT2D eigenvalue weighted by Gasteiger charge is 2.27. The molecule has 1 aromatic heterocycles. The fourth-order valence-corrected chi connectivity index (χ4v) is 4.99. The van der Waals surface area contributed by atoms with E-state index in [0.29, 0.717) is 5.69 Å². The quantitative estimate of drug-likeness (QED) is 0.616. The van der Waals surface area contributed by atoms with Crippen molar-refractivity contribution < 1.29 is 13.2 Å². The molecule has 0 radical (unpaired) electrons. The van der Waals surface area contributed by atoms with Crippen molar-refractivity contribution in [3.63, 3.8) is 0 Å². The lowest BCUT2D eigenvalue weighted by atomic mass is 10.1. The summed E-state index contributed by atoms with van der Waals surface area (Å²) in [7, 11) is -3.78. The van der Waals surface area contributed by atoms with E-state index in [2.05, 4.69) is 10.0 Å². The van der Waals surface area contributed by atoms with Gasteiger partial charge in [-0.2, -0.15) is 4.72 Å². The van der Waals surface area contributed by atoms with E-state index >= 15 is 0 Å². The molecule has 2 N–H and O–H groups in total. The molecule has 7 heteroatoms. The summed E-state index contributed by atoms with van der Waals surface area (Å²) in [5.41, 5.74) is 3.48. The van der Waals surface area contributed by atoms with Crippen molar-refractivity contribution in [2.75, 3.05) is 5.32 Å². The molecule has 3 aromatic rings. The van der Waals surface area contributed by atoms with Crippen LogP contribution in [-0.2, 0) is 21.2 Å². The van der Waals surface area contributed by atoms with Crippen LogP contribution in [0.4, 0.5) is 5.69 Å². The molecule has 0 saturated carbocycles. The van der Waals surface area contributed by atoms with Crippen LogP contribution in [0, 0.1) is 13.8 Å². The molecule has 2 aromatic carbocycles. The summed E-state index contributed by atoms with van der Waals surface area (Å²) >= 11 is 1.12. The normalized spacial score (nSPS) is 12.5. The monoisotopic (exact) mass is 414 g/mol. The topological polar surface area (TPSA) is 75.3 Å². The number of rotatable bonds is 7. The summed E-state index contributed by atoms with van der Waals surface area (Å²) in [6.07, 6.45) is 0.252. The van der Waals surface area contributed by atoms with Gasteiger partial charge in [0.25, 0.3) is 10.0 Å². The third-order valence-electron chi connectivity index (χ3n) is 4.31. The van der Waals surface area contributed by atoms with Crippen LogP contribution in [0.3, 0.4) is 0 Å². The number of carbonyl (C=O) groups excluding carboxylic acids is 1. The molecule has 5 nitrogen and oxygen atoms in total. The Morgan fingerprint density at radius 3 is 2.46 bits per heavy atom. The Hall–Kier alpha value is -2.48. The van der Waals surface area contributed by atoms with Gasteiger partial charge in [-0.1, -0.05) is 48.5 Å². The summed E-state index contributed by atoms with van der Waals surface area (Å²) in [5, 5.41) is 4.57. The molecule has 1 amide bonds. The number of sulfonamides is 1. The first-order valence-corrected chi connectivity index (χ1v) is 11.2. The minimum absolute atomic E-state index is 0.185. The lowest BCUT2D eigenvalue weighted by Crippen LogP contribution is -2.45. The molecule has 0 fully saturated rings. The van der Waals surface area contributed by atoms with Crippen LogP contribution in [0.2, 0.25) is 0 Å². The summed E-state index contributed by atoms with van der Waals surface area (Å²) in [6, 6.07) is 17.4. The van der Waals surface area contributed by atoms with E-state index in [1.54, 1.807) is 11.4 Å². The predicted molar refractivity (Wildman–Crippen MR) is 113 cm³/mol. The second-order valence-corrected chi connectivity index (χ2v) is 9.49. The van der Waals surface area contributed by atoms with E-state index in [1.807, 2.05) is 62.4 Å². The standard InChI is InChI=1S/C21H22N2O3S2/c1-15-10-11-16(2)18(13-15)22-21(24)19(14-17-7-4-3-5-8-17)23-28(25,26)20-9-6-12-27-20/h3-13,19,23H,14H2,1-2H3,(H,22,24)/t19-/m0/s1. The number of nitrogens with one attached hydrogen (secondary N) is 2. The van der Waals surface area contributed by atoms with E-state index in [9.17, 15) is 13.2 Å². The smallest absolute Gasteiger partial charge is 0.250 e. The Kier molecular flexibility index (Phi) is 6.28. The van der Waals surface area contributed by atoms with Gasteiger partial charge in [-0.05, 0) is 54.5 Å². The maximum Gasteiger partial charge on any atom is 0.250 e. The molecule has 0 saturated heterocycles. The lowest BCUT2D eigenvalue weighted by molar-refractivity contribution is -0.117. The van der Waals surface area contributed by atoms with Gasteiger partial charge in [0.1, 0.15) is 10.3 Å². The number of thiophene rings is 1. The summed E-state index contributed by atoms with van der Waals surface area (Å²) in [6.45, 7) is 3.84. The SMILES string of the molecule is Cc1ccc(C)c(NC(=O)[C@H](Cc2ccccc2)NS(=O)(=O)c2cccs2)c1. The minimum atomic E-state index is -3.78. The van der Waals surface area contributed by atoms with Crippen molar-refractivity contribution >= 4 is 33.0 Å². The number of aryl methyl sites for hydroxylation is 2. The van der Waals surface area contributed by atoms with Gasteiger partial charge >= 0.3 is 0 Å². The van der Waals surface area contributed by atoms with Gasteiger partial charge < -0.3 is 5.32 Å². The molecule has 28 heavy (non-hydrogen) atoms. The molecule has 0 aliphatic carbocycles. The number of carbonyl (C=O) groups is 1. The second kappa shape index (κ2) is 8.68. The molecule has 0 unspecified atom stereocenters. The van der Waals surface area contributed by atoms with Crippen LogP contribution in [0.5, 0.6) is 0 Å². The van der Waals surface area contributed by atoms with Gasteiger partial charge in [0.15, 0.2) is 0 Å². The predicted octanol–water partition coefficient (Wildman–Crippen LogP) is 3.89. The molecule has 1 atom stereocenters. The van der Waals surface area contributed by atoms with Crippen molar-refractivity contribution in [3.05, 3.63) is 82.7 Å². The second-order valence-electron chi connectivity index (χ2n) is 6.60. The summed E-state index contributed by atoms with van der Waals surface area (Å²) in [4.78, 5) is 13.0. The maximum atomic E-state index is 13.0. The van der Waals surface area contributed by atoms with E-state index < -0.39 is 22.0 Å². The van der Waals surface area contributed by atoms with Crippen LogP contribution in [-0.4, -0.2) is 20.4 Å². The van der Waals surface area contributed by atoms with Crippen LogP contribution in [0.15, 0.2) is 70.3 Å². The molecule has 0 aliphatic heterocycles. The molecule has 0 bridgehead atoms. The zero-order valence-electron chi connectivity index (χ0n) is 15.7. The van der Waals surface area contributed by atoms with E-state index in [4.69, 9.17) is 0 Å². The Morgan fingerprint density at radius 1 is 1.04 bits per heavy atom. The third-order valence-corrected chi connectivity index (χ3v) is 7.18. The molecule has 146 valence electrons. The zero-order chi connectivity index (χ0) is 20.1. The van der Waals surface area contributed by atoms with Crippen molar-refractivity contribution in [2.45, 2.75) is 30.5 Å².